The molecule has 0 radical (unpaired) electrons. The molecule has 0 aliphatic heterocycles. The standard InChI is InChI=1S/C20H18N4O5S/c1-24(15-6-8-16(27-2)9-7-15)30(25,26)18-5-3-4-14(12-18)20-22-19(23-29-20)13-17-10-11-21-28-17/h3-12H,13H2,1-2H3. The number of sulfonamides is 1. The Hall–Kier alpha value is -3.66. The van der Waals surface area contributed by atoms with Gasteiger partial charge in [-0.05, 0) is 42.5 Å². The van der Waals surface area contributed by atoms with E-state index in [1.54, 1.807) is 49.6 Å². The molecule has 0 saturated heterocycles. The van der Waals surface area contributed by atoms with Gasteiger partial charge in [0.15, 0.2) is 5.82 Å². The monoisotopic (exact) mass is 426 g/mol. The van der Waals surface area contributed by atoms with E-state index in [-0.39, 0.29) is 10.8 Å². The van der Waals surface area contributed by atoms with Crippen LogP contribution in [0, 0.1) is 0 Å². The molecular formula is C20H18N4O5S. The number of hydrogen-bond donors (Lipinski definition) is 0. The van der Waals surface area contributed by atoms with Crippen molar-refractivity contribution in [1.29, 1.82) is 0 Å². The molecule has 2 heterocycles. The first-order chi connectivity index (χ1) is 14.5. The molecule has 4 aromatic rings. The van der Waals surface area contributed by atoms with E-state index < -0.39 is 10.0 Å². The molecule has 0 aliphatic carbocycles. The highest BCUT2D eigenvalue weighted by molar-refractivity contribution is 7.92. The van der Waals surface area contributed by atoms with Gasteiger partial charge < -0.3 is 13.8 Å². The van der Waals surface area contributed by atoms with Crippen molar-refractivity contribution in [2.24, 2.45) is 0 Å². The summed E-state index contributed by atoms with van der Waals surface area (Å²) in [6.45, 7) is 0. The minimum Gasteiger partial charge on any atom is -0.497 e. The lowest BCUT2D eigenvalue weighted by molar-refractivity contribution is 0.382. The van der Waals surface area contributed by atoms with Gasteiger partial charge in [-0.25, -0.2) is 8.42 Å². The van der Waals surface area contributed by atoms with Crippen LogP contribution >= 0.6 is 0 Å². The number of aromatic nitrogens is 3. The van der Waals surface area contributed by atoms with Crippen LogP contribution in [0.5, 0.6) is 5.75 Å². The van der Waals surface area contributed by atoms with Crippen molar-refractivity contribution in [3.63, 3.8) is 0 Å². The topological polar surface area (TPSA) is 112 Å². The first-order valence-electron chi connectivity index (χ1n) is 8.93. The third-order valence-corrected chi connectivity index (χ3v) is 6.25. The first kappa shape index (κ1) is 19.6. The second-order valence-electron chi connectivity index (χ2n) is 6.37. The molecule has 2 aromatic carbocycles. The predicted octanol–water partition coefficient (Wildman–Crippen LogP) is 3.15. The molecule has 2 aromatic heterocycles. The van der Waals surface area contributed by atoms with E-state index in [2.05, 4.69) is 15.3 Å². The van der Waals surface area contributed by atoms with Gasteiger partial charge >= 0.3 is 0 Å². The Morgan fingerprint density at radius 2 is 1.87 bits per heavy atom. The van der Waals surface area contributed by atoms with Crippen LogP contribution in [-0.2, 0) is 16.4 Å². The Morgan fingerprint density at radius 1 is 1.07 bits per heavy atom. The highest BCUT2D eigenvalue weighted by atomic mass is 32.2. The number of rotatable bonds is 7. The lowest BCUT2D eigenvalue weighted by atomic mass is 10.2. The molecule has 0 bridgehead atoms. The maximum atomic E-state index is 13.1. The number of anilines is 1. The van der Waals surface area contributed by atoms with Gasteiger partial charge in [0.1, 0.15) is 11.5 Å². The zero-order chi connectivity index (χ0) is 21.1. The predicted molar refractivity (Wildman–Crippen MR) is 108 cm³/mol. The van der Waals surface area contributed by atoms with E-state index in [0.29, 0.717) is 35.0 Å². The van der Waals surface area contributed by atoms with E-state index in [0.717, 1.165) is 0 Å². The fraction of sp³-hybridized carbons (Fsp3) is 0.150. The van der Waals surface area contributed by atoms with E-state index in [1.165, 1.54) is 29.7 Å². The van der Waals surface area contributed by atoms with Crippen molar-refractivity contribution in [2.45, 2.75) is 11.3 Å². The van der Waals surface area contributed by atoms with Crippen LogP contribution in [0.15, 0.2) is 74.7 Å². The summed E-state index contributed by atoms with van der Waals surface area (Å²) >= 11 is 0. The molecule has 9 nitrogen and oxygen atoms in total. The average molecular weight is 426 g/mol. The summed E-state index contributed by atoms with van der Waals surface area (Å²) in [4.78, 5) is 4.42. The molecule has 0 aliphatic rings. The number of ether oxygens (including phenoxy) is 1. The highest BCUT2D eigenvalue weighted by Crippen LogP contribution is 2.27. The van der Waals surface area contributed by atoms with Gasteiger partial charge in [0.2, 0.25) is 0 Å². The molecule has 30 heavy (non-hydrogen) atoms. The van der Waals surface area contributed by atoms with Crippen LogP contribution in [0.2, 0.25) is 0 Å². The van der Waals surface area contributed by atoms with Crippen LogP contribution in [0.25, 0.3) is 11.5 Å². The fourth-order valence-corrected chi connectivity index (χ4v) is 4.05. The average Bonchev–Trinajstić information content (AvgIpc) is 3.46. The van der Waals surface area contributed by atoms with Gasteiger partial charge in [-0.2, -0.15) is 4.98 Å². The summed E-state index contributed by atoms with van der Waals surface area (Å²) in [7, 11) is -0.754. The number of methoxy groups -OCH3 is 1. The third-order valence-electron chi connectivity index (χ3n) is 4.47. The molecule has 0 spiro atoms. The van der Waals surface area contributed by atoms with Crippen LogP contribution in [0.4, 0.5) is 5.69 Å². The summed E-state index contributed by atoms with van der Waals surface area (Å²) in [6, 6.07) is 14.8. The van der Waals surface area contributed by atoms with Crippen LogP contribution in [-0.4, -0.2) is 37.9 Å². The number of benzene rings is 2. The summed E-state index contributed by atoms with van der Waals surface area (Å²) in [5.41, 5.74) is 1.00. The Bertz CT molecular complexity index is 1230. The summed E-state index contributed by atoms with van der Waals surface area (Å²) in [6.07, 6.45) is 1.85. The van der Waals surface area contributed by atoms with Crippen molar-refractivity contribution in [3.05, 3.63) is 72.4 Å². The normalized spacial score (nSPS) is 11.4. The Labute approximate surface area is 172 Å². The van der Waals surface area contributed by atoms with Gasteiger partial charge in [0.25, 0.3) is 15.9 Å². The summed E-state index contributed by atoms with van der Waals surface area (Å²) < 4.78 is 42.8. The molecule has 154 valence electrons. The quantitative estimate of drug-likeness (QED) is 0.443. The smallest absolute Gasteiger partial charge is 0.264 e. The second kappa shape index (κ2) is 7.99. The van der Waals surface area contributed by atoms with E-state index in [9.17, 15) is 8.42 Å². The van der Waals surface area contributed by atoms with Crippen molar-refractivity contribution >= 4 is 15.7 Å². The molecule has 0 saturated carbocycles. The van der Waals surface area contributed by atoms with E-state index >= 15 is 0 Å². The van der Waals surface area contributed by atoms with Crippen molar-refractivity contribution in [2.75, 3.05) is 18.5 Å². The van der Waals surface area contributed by atoms with Gasteiger partial charge in [-0.1, -0.05) is 16.4 Å². The Kier molecular flexibility index (Phi) is 5.23. The third kappa shape index (κ3) is 3.90. The van der Waals surface area contributed by atoms with Gasteiger partial charge in [-0.15, -0.1) is 0 Å². The minimum absolute atomic E-state index is 0.105. The molecule has 0 atom stereocenters. The second-order valence-corrected chi connectivity index (χ2v) is 8.34. The molecular weight excluding hydrogens is 408 g/mol. The Morgan fingerprint density at radius 3 is 2.57 bits per heavy atom. The molecule has 10 heteroatoms. The summed E-state index contributed by atoms with van der Waals surface area (Å²) in [5, 5.41) is 7.55. The minimum atomic E-state index is -3.80. The first-order valence-corrected chi connectivity index (χ1v) is 10.4. The van der Waals surface area contributed by atoms with Crippen molar-refractivity contribution in [1.82, 2.24) is 15.3 Å². The van der Waals surface area contributed by atoms with E-state index in [1.807, 2.05) is 0 Å². The fourth-order valence-electron chi connectivity index (χ4n) is 2.81. The van der Waals surface area contributed by atoms with Gasteiger partial charge in [0, 0.05) is 18.7 Å². The summed E-state index contributed by atoms with van der Waals surface area (Å²) in [5.74, 6) is 1.86. The van der Waals surface area contributed by atoms with Gasteiger partial charge in [0.05, 0.1) is 30.3 Å². The maximum Gasteiger partial charge on any atom is 0.264 e. The zero-order valence-electron chi connectivity index (χ0n) is 16.2. The van der Waals surface area contributed by atoms with Crippen molar-refractivity contribution < 1.29 is 22.2 Å². The molecule has 0 fully saturated rings. The lowest BCUT2D eigenvalue weighted by Crippen LogP contribution is -2.26. The molecule has 0 N–H and O–H groups in total. The number of nitrogens with zero attached hydrogens (tertiary/aromatic N) is 4. The largest absolute Gasteiger partial charge is 0.497 e. The van der Waals surface area contributed by atoms with Crippen molar-refractivity contribution in [3.8, 4) is 17.2 Å². The Balaban J connectivity index is 1.59. The SMILES string of the molecule is COc1ccc(N(C)S(=O)(=O)c2cccc(-c3nc(Cc4ccno4)no3)c2)cc1. The van der Waals surface area contributed by atoms with Crippen LogP contribution in [0.3, 0.4) is 0 Å². The molecule has 0 amide bonds. The maximum absolute atomic E-state index is 13.1. The van der Waals surface area contributed by atoms with Crippen LogP contribution < -0.4 is 9.04 Å². The molecule has 0 unspecified atom stereocenters. The van der Waals surface area contributed by atoms with Gasteiger partial charge in [-0.3, -0.25) is 4.31 Å². The lowest BCUT2D eigenvalue weighted by Gasteiger charge is -2.20. The molecule has 4 rings (SSSR count). The number of hydrogen-bond acceptors (Lipinski definition) is 8. The zero-order valence-corrected chi connectivity index (χ0v) is 17.0. The van der Waals surface area contributed by atoms with E-state index in [4.69, 9.17) is 13.8 Å². The van der Waals surface area contributed by atoms with Crippen LogP contribution in [0.1, 0.15) is 11.6 Å². The highest BCUT2D eigenvalue weighted by Gasteiger charge is 2.23.